The summed E-state index contributed by atoms with van der Waals surface area (Å²) in [6.45, 7) is 52.4. The van der Waals surface area contributed by atoms with E-state index in [-0.39, 0.29) is 0 Å². The van der Waals surface area contributed by atoms with Crippen molar-refractivity contribution in [2.24, 2.45) is 16.1 Å². The van der Waals surface area contributed by atoms with Gasteiger partial charge >= 0.3 is 0 Å². The Balaban J connectivity index is 0.000000257. The van der Waals surface area contributed by atoms with E-state index in [1.165, 1.54) is 150 Å². The van der Waals surface area contributed by atoms with Gasteiger partial charge in [-0.05, 0) is 156 Å². The van der Waals surface area contributed by atoms with Crippen LogP contribution in [0, 0.1) is 5.92 Å². The Morgan fingerprint density at radius 1 is 0.277 bits per heavy atom. The van der Waals surface area contributed by atoms with Gasteiger partial charge in [0.2, 0.25) is 0 Å². The van der Waals surface area contributed by atoms with Crippen molar-refractivity contribution in [3.63, 3.8) is 0 Å². The third-order valence-corrected chi connectivity index (χ3v) is 17.5. The first-order chi connectivity index (χ1) is 49.8. The van der Waals surface area contributed by atoms with Gasteiger partial charge in [-0.1, -0.05) is 334 Å². The van der Waals surface area contributed by atoms with E-state index in [1.54, 1.807) is 0 Å². The molecular weight excluding hydrogens is 1220 g/mol. The van der Waals surface area contributed by atoms with Gasteiger partial charge < -0.3 is 13.7 Å². The molecule has 0 unspecified atom stereocenters. The maximum atomic E-state index is 4.09. The molecule has 3 aliphatic carbocycles. The number of aromatic nitrogens is 3. The molecule has 0 saturated heterocycles. The minimum absolute atomic E-state index is 0.563. The summed E-state index contributed by atoms with van der Waals surface area (Å²) in [5.74, 6) is 0.563. The Morgan fingerprint density at radius 2 is 0.545 bits per heavy atom. The molecule has 0 N–H and O–H groups in total. The van der Waals surface area contributed by atoms with E-state index in [1.807, 2.05) is 111 Å². The molecule has 0 atom stereocenters. The third kappa shape index (κ3) is 19.1. The molecule has 0 saturated carbocycles. The van der Waals surface area contributed by atoms with Gasteiger partial charge in [0.15, 0.2) is 0 Å². The highest BCUT2D eigenvalue weighted by Gasteiger charge is 2.26. The second-order valence-electron chi connectivity index (χ2n) is 23.1. The van der Waals surface area contributed by atoms with Gasteiger partial charge in [0.1, 0.15) is 0 Å². The van der Waals surface area contributed by atoms with Gasteiger partial charge in [-0.25, -0.2) is 0 Å². The zero-order valence-electron chi connectivity index (χ0n) is 67.0. The Labute approximate surface area is 612 Å². The predicted molar refractivity (Wildman–Crippen MR) is 458 cm³/mol. The van der Waals surface area contributed by atoms with Gasteiger partial charge in [0.25, 0.3) is 0 Å². The SMILES string of the molecule is CC.CC.CC.CC.CC.CC.CC.CC.CCC.CCC1=NN=C(C(C)C)C1.CCn1c2ccccc2c2c3c(ccc21)Cc1ccccc1-3.CCn1c2ccccc2c2c3c(ccc21)Cc1ccccc1-3.CCn1c2ccccc2c2ccccc21.c1ccc2c(c1)Cc1ccccc1-2. The molecule has 13 aromatic rings. The number of hydrogen-bond acceptors (Lipinski definition) is 2. The lowest BCUT2D eigenvalue weighted by molar-refractivity contribution is 0.827. The zero-order chi connectivity index (χ0) is 74.6. The molecule has 17 rings (SSSR count). The van der Waals surface area contributed by atoms with Crippen LogP contribution >= 0.6 is 0 Å². The topological polar surface area (TPSA) is 39.5 Å². The Kier molecular flexibility index (Phi) is 37.5. The quantitative estimate of drug-likeness (QED) is 0.165. The van der Waals surface area contributed by atoms with E-state index in [4.69, 9.17) is 0 Å². The molecule has 536 valence electrons. The third-order valence-electron chi connectivity index (χ3n) is 17.5. The average molecular weight is 1350 g/mol. The van der Waals surface area contributed by atoms with Gasteiger partial charge in [-0.3, -0.25) is 0 Å². The number of fused-ring (bicyclic) bond motifs is 20. The number of benzene rings is 10. The van der Waals surface area contributed by atoms with Crippen molar-refractivity contribution < 1.29 is 0 Å². The fourth-order valence-electron chi connectivity index (χ4n) is 13.6. The van der Waals surface area contributed by atoms with Crippen molar-refractivity contribution in [3.05, 3.63) is 252 Å². The number of aryl methyl sites for hydroxylation is 3. The van der Waals surface area contributed by atoms with Crippen molar-refractivity contribution >= 4 is 76.8 Å². The lowest BCUT2D eigenvalue weighted by atomic mass is 9.99. The van der Waals surface area contributed by atoms with E-state index in [2.05, 4.69) is 298 Å². The van der Waals surface area contributed by atoms with Gasteiger partial charge in [-0.2, -0.15) is 10.2 Å². The van der Waals surface area contributed by atoms with Crippen LogP contribution < -0.4 is 0 Å². The highest BCUT2D eigenvalue weighted by Crippen LogP contribution is 2.47. The van der Waals surface area contributed by atoms with E-state index in [0.717, 1.165) is 51.7 Å². The molecule has 5 heteroatoms. The van der Waals surface area contributed by atoms with Crippen LogP contribution in [0.2, 0.25) is 0 Å². The van der Waals surface area contributed by atoms with Gasteiger partial charge in [-0.15, -0.1) is 0 Å². The Hall–Kier alpha value is -9.06. The van der Waals surface area contributed by atoms with Crippen LogP contribution in [-0.2, 0) is 38.9 Å². The molecule has 0 fully saturated rings. The largest absolute Gasteiger partial charge is 0.341 e. The minimum Gasteiger partial charge on any atom is -0.341 e. The summed E-state index contributed by atoms with van der Waals surface area (Å²) in [5, 5.41) is 16.5. The monoisotopic (exact) mass is 1350 g/mol. The predicted octanol–water partition coefficient (Wildman–Crippen LogP) is 29.7. The number of hydrogen-bond donors (Lipinski definition) is 0. The molecule has 4 heterocycles. The summed E-state index contributed by atoms with van der Waals surface area (Å²) in [4.78, 5) is 0. The summed E-state index contributed by atoms with van der Waals surface area (Å²) in [7, 11) is 0. The first-order valence-electron chi connectivity index (χ1n) is 39.2. The molecule has 0 amide bonds. The first kappa shape index (κ1) is 84.4. The summed E-state index contributed by atoms with van der Waals surface area (Å²) in [5.41, 5.74) is 27.9. The molecule has 1 aliphatic heterocycles. The van der Waals surface area contributed by atoms with Crippen molar-refractivity contribution in [1.29, 1.82) is 0 Å². The molecule has 0 bridgehead atoms. The highest BCUT2D eigenvalue weighted by atomic mass is 15.2. The molecule has 0 radical (unpaired) electrons. The van der Waals surface area contributed by atoms with Crippen LogP contribution in [0.3, 0.4) is 0 Å². The van der Waals surface area contributed by atoms with Crippen LogP contribution in [0.4, 0.5) is 0 Å². The molecule has 4 aliphatic rings. The van der Waals surface area contributed by atoms with Crippen LogP contribution in [0.1, 0.15) is 219 Å². The van der Waals surface area contributed by atoms with E-state index in [0.29, 0.717) is 5.92 Å². The highest BCUT2D eigenvalue weighted by molar-refractivity contribution is 6.18. The number of para-hydroxylation sites is 4. The molecule has 3 aromatic heterocycles. The van der Waals surface area contributed by atoms with E-state index in [9.17, 15) is 0 Å². The van der Waals surface area contributed by atoms with Crippen LogP contribution in [0.5, 0.6) is 0 Å². The summed E-state index contributed by atoms with van der Waals surface area (Å²) < 4.78 is 7.24. The first-order valence-corrected chi connectivity index (χ1v) is 39.2. The normalized spacial score (nSPS) is 11.2. The van der Waals surface area contributed by atoms with Crippen LogP contribution in [0.25, 0.3) is 98.8 Å². The minimum atomic E-state index is 0.563. The summed E-state index contributed by atoms with van der Waals surface area (Å²) >= 11 is 0. The van der Waals surface area contributed by atoms with Crippen LogP contribution in [-0.4, -0.2) is 25.1 Å². The fourth-order valence-corrected chi connectivity index (χ4v) is 13.6. The fraction of sp³-hybridized carbons (Fsp3) is 0.354. The van der Waals surface area contributed by atoms with Crippen LogP contribution in [0.15, 0.2) is 229 Å². The molecular formula is C96H127N5. The molecule has 5 nitrogen and oxygen atoms in total. The zero-order valence-corrected chi connectivity index (χ0v) is 67.0. The lowest BCUT2D eigenvalue weighted by Gasteiger charge is -2.06. The van der Waals surface area contributed by atoms with E-state index >= 15 is 0 Å². The second-order valence-corrected chi connectivity index (χ2v) is 23.1. The lowest BCUT2D eigenvalue weighted by Crippen LogP contribution is -2.07. The maximum absolute atomic E-state index is 4.09. The number of rotatable bonds is 5. The Bertz CT molecular complexity index is 4360. The van der Waals surface area contributed by atoms with Crippen molar-refractivity contribution in [1.82, 2.24) is 13.7 Å². The van der Waals surface area contributed by atoms with Crippen molar-refractivity contribution in [3.8, 4) is 33.4 Å². The molecule has 101 heavy (non-hydrogen) atoms. The summed E-state index contributed by atoms with van der Waals surface area (Å²) in [6, 6.07) is 79.1. The summed E-state index contributed by atoms with van der Waals surface area (Å²) in [6.07, 6.45) is 6.53. The van der Waals surface area contributed by atoms with Crippen molar-refractivity contribution in [2.75, 3.05) is 0 Å². The molecule has 0 spiro atoms. The maximum Gasteiger partial charge on any atom is 0.0497 e. The van der Waals surface area contributed by atoms with E-state index < -0.39 is 0 Å². The van der Waals surface area contributed by atoms with Gasteiger partial charge in [0, 0.05) is 103 Å². The molecule has 10 aromatic carbocycles. The van der Waals surface area contributed by atoms with Gasteiger partial charge in [0.05, 0.1) is 0 Å². The Morgan fingerprint density at radius 3 is 0.851 bits per heavy atom. The number of nitrogens with zero attached hydrogens (tertiary/aromatic N) is 5. The average Bonchev–Trinajstić information content (AvgIpc) is 1.58. The van der Waals surface area contributed by atoms with Crippen molar-refractivity contribution in [2.45, 2.75) is 224 Å². The second kappa shape index (κ2) is 44.9. The standard InChI is InChI=1S/2C21H17N.C14H13N.C13H10.C8H14N2.C3H8.8C2H6/c2*1-2-22-18-10-6-5-9-17(18)21-19(22)12-11-15-13-14-7-3-4-8-16(14)20(15)21;1-2-15-13-9-5-3-7-11(13)12-8-4-6-10-14(12)15;1-3-7-12-10(5-1)9-11-6-2-4-8-13(11)12;1-4-7-5-8(6(2)3)10-9-7;1-3-2;8*1-2/h2*3-12H,2,13H2,1H3;3-10H,2H2,1H3;1-8H,9H2;6H,4-5H2,1-3H3;3H2,1-2H3;8*1-2H3. The smallest absolute Gasteiger partial charge is 0.0497 e.